The van der Waals surface area contributed by atoms with Crippen LogP contribution in [-0.2, 0) is 4.79 Å². The molecule has 1 amide bonds. The first kappa shape index (κ1) is 14.4. The highest BCUT2D eigenvalue weighted by Gasteiger charge is 2.12. The Bertz CT molecular complexity index is 427. The van der Waals surface area contributed by atoms with Crippen molar-refractivity contribution in [2.45, 2.75) is 33.2 Å². The molecule has 18 heavy (non-hydrogen) atoms. The highest BCUT2D eigenvalue weighted by atomic mass is 16.5. The highest BCUT2D eigenvalue weighted by Crippen LogP contribution is 2.10. The number of ether oxygens (including phenoxy) is 1. The number of methoxy groups -OCH3 is 1. The van der Waals surface area contributed by atoms with Crippen LogP contribution in [0, 0.1) is 6.92 Å². The van der Waals surface area contributed by atoms with Gasteiger partial charge in [0, 0.05) is 17.3 Å². The first-order valence-corrected chi connectivity index (χ1v) is 5.75. The monoisotopic (exact) mass is 252 g/mol. The zero-order valence-electron chi connectivity index (χ0n) is 11.5. The van der Waals surface area contributed by atoms with E-state index in [1.807, 2.05) is 27.7 Å². The molecular weight excluding hydrogens is 232 g/mol. The fourth-order valence-electron chi connectivity index (χ4n) is 1.21. The van der Waals surface area contributed by atoms with Crippen LogP contribution in [0.25, 0.3) is 0 Å². The van der Waals surface area contributed by atoms with E-state index in [1.165, 1.54) is 7.11 Å². The van der Waals surface area contributed by atoms with E-state index in [4.69, 9.17) is 4.74 Å². The summed E-state index contributed by atoms with van der Waals surface area (Å²) in [6, 6.07) is 1.70. The van der Waals surface area contributed by atoms with Gasteiger partial charge in [0.1, 0.15) is 0 Å². The molecule has 0 aromatic carbocycles. The molecule has 0 saturated heterocycles. The van der Waals surface area contributed by atoms with E-state index >= 15 is 0 Å². The average Bonchev–Trinajstić information content (AvgIpc) is 2.24. The SMILES string of the molecule is COc1cc(C)nc(NC(=O)CNC(C)(C)C)n1. The van der Waals surface area contributed by atoms with Gasteiger partial charge in [0.15, 0.2) is 0 Å². The van der Waals surface area contributed by atoms with Gasteiger partial charge < -0.3 is 10.1 Å². The molecule has 1 aromatic rings. The lowest BCUT2D eigenvalue weighted by Gasteiger charge is -2.19. The van der Waals surface area contributed by atoms with E-state index in [0.717, 1.165) is 5.69 Å². The number of anilines is 1. The molecule has 0 radical (unpaired) electrons. The van der Waals surface area contributed by atoms with Gasteiger partial charge in [0.25, 0.3) is 0 Å². The maximum atomic E-state index is 11.7. The normalized spacial score (nSPS) is 11.2. The Kier molecular flexibility index (Phi) is 4.61. The van der Waals surface area contributed by atoms with E-state index in [1.54, 1.807) is 6.07 Å². The zero-order chi connectivity index (χ0) is 13.8. The van der Waals surface area contributed by atoms with Crippen molar-refractivity contribution in [3.05, 3.63) is 11.8 Å². The van der Waals surface area contributed by atoms with Gasteiger partial charge in [-0.3, -0.25) is 10.1 Å². The van der Waals surface area contributed by atoms with E-state index in [2.05, 4.69) is 20.6 Å². The number of amides is 1. The van der Waals surface area contributed by atoms with Crippen LogP contribution in [-0.4, -0.2) is 35.1 Å². The number of aromatic nitrogens is 2. The van der Waals surface area contributed by atoms with Crippen molar-refractivity contribution < 1.29 is 9.53 Å². The summed E-state index contributed by atoms with van der Waals surface area (Å²) >= 11 is 0. The van der Waals surface area contributed by atoms with E-state index in [-0.39, 0.29) is 23.9 Å². The Morgan fingerprint density at radius 3 is 2.61 bits per heavy atom. The smallest absolute Gasteiger partial charge is 0.240 e. The summed E-state index contributed by atoms with van der Waals surface area (Å²) in [7, 11) is 1.52. The Morgan fingerprint density at radius 2 is 2.06 bits per heavy atom. The number of nitrogens with zero attached hydrogens (tertiary/aromatic N) is 2. The van der Waals surface area contributed by atoms with Gasteiger partial charge in [-0.1, -0.05) is 0 Å². The van der Waals surface area contributed by atoms with Gasteiger partial charge in [-0.2, -0.15) is 4.98 Å². The lowest BCUT2D eigenvalue weighted by atomic mass is 10.1. The molecule has 0 aliphatic heterocycles. The minimum absolute atomic E-state index is 0.109. The van der Waals surface area contributed by atoms with Crippen molar-refractivity contribution >= 4 is 11.9 Å². The van der Waals surface area contributed by atoms with Crippen LogP contribution in [0.2, 0.25) is 0 Å². The third-order valence-electron chi connectivity index (χ3n) is 2.07. The summed E-state index contributed by atoms with van der Waals surface area (Å²) < 4.78 is 5.01. The predicted octanol–water partition coefficient (Wildman–Crippen LogP) is 1.12. The van der Waals surface area contributed by atoms with Crippen LogP contribution in [0.15, 0.2) is 6.07 Å². The van der Waals surface area contributed by atoms with Gasteiger partial charge in [-0.05, 0) is 27.7 Å². The molecule has 0 saturated carbocycles. The largest absolute Gasteiger partial charge is 0.481 e. The van der Waals surface area contributed by atoms with Crippen LogP contribution in [0.5, 0.6) is 5.88 Å². The molecule has 6 heteroatoms. The summed E-state index contributed by atoms with van der Waals surface area (Å²) in [5.41, 5.74) is 0.628. The van der Waals surface area contributed by atoms with Gasteiger partial charge in [-0.15, -0.1) is 0 Å². The van der Waals surface area contributed by atoms with Crippen molar-refractivity contribution in [3.63, 3.8) is 0 Å². The van der Waals surface area contributed by atoms with Crippen LogP contribution >= 0.6 is 0 Å². The molecule has 1 rings (SSSR count). The van der Waals surface area contributed by atoms with Crippen LogP contribution in [0.3, 0.4) is 0 Å². The van der Waals surface area contributed by atoms with Crippen LogP contribution < -0.4 is 15.4 Å². The number of hydrogen-bond donors (Lipinski definition) is 2. The third kappa shape index (κ3) is 5.09. The molecule has 0 spiro atoms. The second-order valence-corrected chi connectivity index (χ2v) is 5.03. The molecule has 0 fully saturated rings. The molecule has 0 aliphatic rings. The molecule has 0 atom stereocenters. The first-order valence-electron chi connectivity index (χ1n) is 5.75. The fourth-order valence-corrected chi connectivity index (χ4v) is 1.21. The molecular formula is C12H20N4O2. The Morgan fingerprint density at radius 1 is 1.39 bits per heavy atom. The van der Waals surface area contributed by atoms with Crippen molar-refractivity contribution in [3.8, 4) is 5.88 Å². The molecule has 100 valence electrons. The lowest BCUT2D eigenvalue weighted by molar-refractivity contribution is -0.115. The minimum Gasteiger partial charge on any atom is -0.481 e. The average molecular weight is 252 g/mol. The Labute approximate surface area is 107 Å². The van der Waals surface area contributed by atoms with Crippen molar-refractivity contribution in [1.82, 2.24) is 15.3 Å². The standard InChI is InChI=1S/C12H20N4O2/c1-8-6-10(18-5)16-11(14-8)15-9(17)7-13-12(2,3)4/h6,13H,7H2,1-5H3,(H,14,15,16,17). The van der Waals surface area contributed by atoms with Gasteiger partial charge in [-0.25, -0.2) is 4.98 Å². The highest BCUT2D eigenvalue weighted by molar-refractivity contribution is 5.90. The molecule has 1 aromatic heterocycles. The molecule has 2 N–H and O–H groups in total. The predicted molar refractivity (Wildman–Crippen MR) is 69.7 cm³/mol. The molecule has 0 bridgehead atoms. The number of carbonyl (C=O) groups excluding carboxylic acids is 1. The Balaban J connectivity index is 2.61. The van der Waals surface area contributed by atoms with Crippen LogP contribution in [0.1, 0.15) is 26.5 Å². The topological polar surface area (TPSA) is 76.1 Å². The summed E-state index contributed by atoms with van der Waals surface area (Å²) in [6.45, 7) is 8.00. The summed E-state index contributed by atoms with van der Waals surface area (Å²) in [4.78, 5) is 19.8. The van der Waals surface area contributed by atoms with Crippen molar-refractivity contribution in [2.24, 2.45) is 0 Å². The second kappa shape index (κ2) is 5.77. The molecule has 6 nitrogen and oxygen atoms in total. The third-order valence-corrected chi connectivity index (χ3v) is 2.07. The number of aryl methyl sites for hydroxylation is 1. The quantitative estimate of drug-likeness (QED) is 0.839. The number of carbonyl (C=O) groups is 1. The first-order chi connectivity index (χ1) is 8.30. The maximum absolute atomic E-state index is 11.7. The van der Waals surface area contributed by atoms with Crippen LogP contribution in [0.4, 0.5) is 5.95 Å². The number of rotatable bonds is 4. The van der Waals surface area contributed by atoms with E-state index < -0.39 is 0 Å². The van der Waals surface area contributed by atoms with Gasteiger partial charge in [0.05, 0.1) is 13.7 Å². The molecule has 0 unspecified atom stereocenters. The lowest BCUT2D eigenvalue weighted by Crippen LogP contribution is -2.41. The summed E-state index contributed by atoms with van der Waals surface area (Å²) in [5.74, 6) is 0.506. The van der Waals surface area contributed by atoms with Gasteiger partial charge in [0.2, 0.25) is 17.7 Å². The summed E-state index contributed by atoms with van der Waals surface area (Å²) in [6.07, 6.45) is 0. The van der Waals surface area contributed by atoms with E-state index in [9.17, 15) is 4.79 Å². The Hall–Kier alpha value is -1.69. The van der Waals surface area contributed by atoms with E-state index in [0.29, 0.717) is 5.88 Å². The maximum Gasteiger partial charge on any atom is 0.240 e. The van der Waals surface area contributed by atoms with Crippen molar-refractivity contribution in [2.75, 3.05) is 19.0 Å². The fraction of sp³-hybridized carbons (Fsp3) is 0.583. The molecule has 0 aliphatic carbocycles. The molecule has 1 heterocycles. The number of hydrogen-bond acceptors (Lipinski definition) is 5. The number of nitrogens with one attached hydrogen (secondary N) is 2. The summed E-state index contributed by atoms with van der Waals surface area (Å²) in [5, 5.41) is 5.71. The second-order valence-electron chi connectivity index (χ2n) is 5.03. The minimum atomic E-state index is -0.183. The van der Waals surface area contributed by atoms with Gasteiger partial charge >= 0.3 is 0 Å². The van der Waals surface area contributed by atoms with Crippen molar-refractivity contribution in [1.29, 1.82) is 0 Å². The zero-order valence-corrected chi connectivity index (χ0v) is 11.5.